The van der Waals surface area contributed by atoms with Gasteiger partial charge in [-0.3, -0.25) is 14.9 Å². The Hall–Kier alpha value is -3.37. The van der Waals surface area contributed by atoms with Gasteiger partial charge in [0.1, 0.15) is 23.0 Å². The van der Waals surface area contributed by atoms with Gasteiger partial charge in [-0.15, -0.1) is 0 Å². The minimum Gasteiger partial charge on any atom is -0.462 e. The molecule has 1 unspecified atom stereocenters. The van der Waals surface area contributed by atoms with E-state index < -0.39 is 28.8 Å². The molecule has 11 heteroatoms. The van der Waals surface area contributed by atoms with Gasteiger partial charge in [-0.25, -0.2) is 4.79 Å². The fraction of sp³-hybridized carbons (Fsp3) is 0.222. The molecule has 0 fully saturated rings. The maximum atomic E-state index is 12.6. The lowest BCUT2D eigenvalue weighted by molar-refractivity contribution is -0.384. The summed E-state index contributed by atoms with van der Waals surface area (Å²) in [6, 6.07) is 4.79. The van der Waals surface area contributed by atoms with E-state index in [4.69, 9.17) is 31.2 Å². The monoisotopic (exact) mass is 422 g/mol. The van der Waals surface area contributed by atoms with Gasteiger partial charge in [0.15, 0.2) is 5.76 Å². The average Bonchev–Trinajstić information content (AvgIpc) is 2.67. The molecule has 10 nitrogen and oxygen atoms in total. The second-order valence-corrected chi connectivity index (χ2v) is 6.34. The first-order valence-electron chi connectivity index (χ1n) is 8.34. The molecule has 29 heavy (non-hydrogen) atoms. The van der Waals surface area contributed by atoms with Gasteiger partial charge in [0.25, 0.3) is 5.69 Å². The highest BCUT2D eigenvalue weighted by molar-refractivity contribution is 6.32. The van der Waals surface area contributed by atoms with Gasteiger partial charge >= 0.3 is 5.97 Å². The van der Waals surface area contributed by atoms with Crippen LogP contribution in [0.2, 0.25) is 5.02 Å². The number of benzene rings is 1. The Bertz CT molecular complexity index is 1090. The number of halogens is 1. The number of nitro groups is 1. The van der Waals surface area contributed by atoms with Crippen molar-refractivity contribution in [1.29, 1.82) is 0 Å². The quantitative estimate of drug-likeness (QED) is 0.417. The van der Waals surface area contributed by atoms with E-state index in [0.717, 1.165) is 12.1 Å². The van der Waals surface area contributed by atoms with Gasteiger partial charge in [-0.05, 0) is 18.6 Å². The molecular weight excluding hydrogens is 408 g/mol. The molecular formula is C18H15ClN2O8. The van der Waals surface area contributed by atoms with Crippen molar-refractivity contribution in [2.45, 2.75) is 19.4 Å². The lowest BCUT2D eigenvalue weighted by Gasteiger charge is -2.27. The van der Waals surface area contributed by atoms with Crippen LogP contribution < -0.4 is 15.9 Å². The fourth-order valence-electron chi connectivity index (χ4n) is 2.95. The molecule has 1 aromatic heterocycles. The molecule has 1 aliphatic heterocycles. The lowest BCUT2D eigenvalue weighted by Crippen LogP contribution is -2.30. The zero-order valence-corrected chi connectivity index (χ0v) is 15.8. The number of esters is 1. The van der Waals surface area contributed by atoms with Crippen molar-refractivity contribution in [3.63, 3.8) is 0 Å². The Morgan fingerprint density at radius 3 is 2.72 bits per heavy atom. The van der Waals surface area contributed by atoms with E-state index >= 15 is 0 Å². The number of aliphatic hydroxyl groups is 1. The number of carbonyl (C=O) groups excluding carboxylic acids is 1. The molecule has 0 saturated carbocycles. The summed E-state index contributed by atoms with van der Waals surface area (Å²) in [5, 5.41) is 20.2. The maximum Gasteiger partial charge on any atom is 0.340 e. The topological polar surface area (TPSA) is 155 Å². The molecule has 152 valence electrons. The van der Waals surface area contributed by atoms with Gasteiger partial charge < -0.3 is 24.7 Å². The molecule has 0 amide bonds. The molecule has 2 aromatic rings. The average molecular weight is 423 g/mol. The normalized spacial score (nSPS) is 15.5. The van der Waals surface area contributed by atoms with Gasteiger partial charge in [0, 0.05) is 12.1 Å². The molecule has 0 bridgehead atoms. The van der Waals surface area contributed by atoms with Gasteiger partial charge in [0.2, 0.25) is 17.1 Å². The van der Waals surface area contributed by atoms with Crippen molar-refractivity contribution >= 4 is 23.3 Å². The Labute approximate surface area is 168 Å². The van der Waals surface area contributed by atoms with E-state index in [9.17, 15) is 24.8 Å². The Morgan fingerprint density at radius 2 is 2.14 bits per heavy atom. The van der Waals surface area contributed by atoms with Gasteiger partial charge in [-0.1, -0.05) is 17.7 Å². The van der Waals surface area contributed by atoms with E-state index in [1.165, 1.54) is 12.1 Å². The van der Waals surface area contributed by atoms with Crippen LogP contribution in [0.4, 0.5) is 5.69 Å². The summed E-state index contributed by atoms with van der Waals surface area (Å²) in [5.41, 5.74) is 5.03. The first-order valence-corrected chi connectivity index (χ1v) is 8.72. The van der Waals surface area contributed by atoms with E-state index in [1.54, 1.807) is 6.92 Å². The summed E-state index contributed by atoms with van der Waals surface area (Å²) in [6.45, 7) is 1.05. The highest BCUT2D eigenvalue weighted by Crippen LogP contribution is 2.43. The first kappa shape index (κ1) is 20.4. The minimum atomic E-state index is -1.10. The van der Waals surface area contributed by atoms with Crippen molar-refractivity contribution in [1.82, 2.24) is 0 Å². The highest BCUT2D eigenvalue weighted by atomic mass is 35.5. The molecule has 1 aromatic carbocycles. The van der Waals surface area contributed by atoms with Crippen LogP contribution in [0.15, 0.2) is 44.9 Å². The number of hydrogen-bond donors (Lipinski definition) is 2. The number of nitro benzene ring substituents is 1. The predicted octanol–water partition coefficient (Wildman–Crippen LogP) is 1.95. The van der Waals surface area contributed by atoms with Crippen LogP contribution in [0, 0.1) is 10.1 Å². The van der Waals surface area contributed by atoms with E-state index in [1.807, 2.05) is 0 Å². The highest BCUT2D eigenvalue weighted by Gasteiger charge is 2.39. The number of aliphatic hydroxyl groups excluding tert-OH is 1. The van der Waals surface area contributed by atoms with Crippen LogP contribution in [0.5, 0.6) is 5.75 Å². The number of fused-ring (bicyclic) bond motifs is 1. The standard InChI is InChI=1S/C18H15ClN2O8/c1-2-27-18(24)14-13(8-3-4-11(21(25)26)10(19)5-8)16-15(29-17(14)20)12(23)6-9(7-22)28-16/h3-6,13,22H,2,7,20H2,1H3. The molecule has 2 heterocycles. The third-order valence-electron chi connectivity index (χ3n) is 4.16. The zero-order chi connectivity index (χ0) is 21.3. The Kier molecular flexibility index (Phi) is 5.57. The summed E-state index contributed by atoms with van der Waals surface area (Å²) in [6.07, 6.45) is 0. The van der Waals surface area contributed by atoms with Crippen molar-refractivity contribution in [3.05, 3.63) is 78.2 Å². The summed E-state index contributed by atoms with van der Waals surface area (Å²) >= 11 is 6.02. The number of rotatable bonds is 5. The predicted molar refractivity (Wildman–Crippen MR) is 99.3 cm³/mol. The van der Waals surface area contributed by atoms with Gasteiger partial charge in [-0.2, -0.15) is 0 Å². The molecule has 0 radical (unpaired) electrons. The van der Waals surface area contributed by atoms with Crippen molar-refractivity contribution < 1.29 is 28.7 Å². The molecule has 0 saturated heterocycles. The summed E-state index contributed by atoms with van der Waals surface area (Å²) in [7, 11) is 0. The number of hydrogen-bond acceptors (Lipinski definition) is 9. The van der Waals surface area contributed by atoms with Crippen molar-refractivity contribution in [2.24, 2.45) is 5.73 Å². The number of carbonyl (C=O) groups is 1. The Balaban J connectivity index is 2.28. The molecule has 3 rings (SSSR count). The number of nitrogens with two attached hydrogens (primary N) is 1. The smallest absolute Gasteiger partial charge is 0.340 e. The van der Waals surface area contributed by atoms with E-state index in [-0.39, 0.29) is 51.6 Å². The Morgan fingerprint density at radius 1 is 1.41 bits per heavy atom. The number of ether oxygens (including phenoxy) is 2. The van der Waals surface area contributed by atoms with Gasteiger partial charge in [0.05, 0.1) is 17.4 Å². The molecule has 3 N–H and O–H groups in total. The van der Waals surface area contributed by atoms with Crippen LogP contribution >= 0.6 is 11.6 Å². The molecule has 0 aliphatic carbocycles. The molecule has 0 spiro atoms. The van der Waals surface area contributed by atoms with Crippen LogP contribution in [-0.2, 0) is 16.1 Å². The number of nitrogens with zero attached hydrogens (tertiary/aromatic N) is 1. The first-order chi connectivity index (χ1) is 13.8. The van der Waals surface area contributed by atoms with Crippen LogP contribution in [-0.4, -0.2) is 22.6 Å². The lowest BCUT2D eigenvalue weighted by atomic mass is 9.86. The van der Waals surface area contributed by atoms with Crippen molar-refractivity contribution in [3.8, 4) is 5.75 Å². The molecule has 1 atom stereocenters. The largest absolute Gasteiger partial charge is 0.462 e. The minimum absolute atomic E-state index is 0.0385. The van der Waals surface area contributed by atoms with Crippen LogP contribution in [0.1, 0.15) is 29.9 Å². The van der Waals surface area contributed by atoms with E-state index in [0.29, 0.717) is 0 Å². The summed E-state index contributed by atoms with van der Waals surface area (Å²) in [5.74, 6) is -2.75. The van der Waals surface area contributed by atoms with Crippen molar-refractivity contribution in [2.75, 3.05) is 6.61 Å². The van der Waals surface area contributed by atoms with Crippen LogP contribution in [0.25, 0.3) is 0 Å². The third kappa shape index (κ3) is 3.67. The van der Waals surface area contributed by atoms with Crippen LogP contribution in [0.3, 0.4) is 0 Å². The second kappa shape index (κ2) is 7.94. The summed E-state index contributed by atoms with van der Waals surface area (Å²) < 4.78 is 15.9. The maximum absolute atomic E-state index is 12.6. The SMILES string of the molecule is CCOC(=O)C1=C(N)Oc2c(oc(CO)cc2=O)C1c1ccc([N+](=O)[O-])c(Cl)c1. The fourth-order valence-corrected chi connectivity index (χ4v) is 3.21. The molecule has 1 aliphatic rings. The second-order valence-electron chi connectivity index (χ2n) is 5.93. The third-order valence-corrected chi connectivity index (χ3v) is 4.46. The zero-order valence-electron chi connectivity index (χ0n) is 15.0. The summed E-state index contributed by atoms with van der Waals surface area (Å²) in [4.78, 5) is 35.3. The van der Waals surface area contributed by atoms with E-state index in [2.05, 4.69) is 0 Å².